The van der Waals surface area contributed by atoms with Crippen molar-refractivity contribution in [3.8, 4) is 45.0 Å². The van der Waals surface area contributed by atoms with Crippen LogP contribution in [0, 0.1) is 0 Å². The predicted octanol–water partition coefficient (Wildman–Crippen LogP) is 11.3. The van der Waals surface area contributed by atoms with E-state index < -0.39 is 5.41 Å². The van der Waals surface area contributed by atoms with E-state index in [2.05, 4.69) is 132 Å². The van der Waals surface area contributed by atoms with Crippen molar-refractivity contribution in [3.63, 3.8) is 0 Å². The molecule has 14 rings (SSSR count). The fourth-order valence-electron chi connectivity index (χ4n) is 11.1. The molecular weight excluding hydrogens is 749 g/mol. The van der Waals surface area contributed by atoms with Gasteiger partial charge in [-0.1, -0.05) is 72.8 Å². The van der Waals surface area contributed by atoms with Crippen LogP contribution in [0.2, 0.25) is 0 Å². The van der Waals surface area contributed by atoms with E-state index in [4.69, 9.17) is 29.9 Å². The molecule has 12 aromatic rings. The number of hydrogen-bond acceptors (Lipinski definition) is 6. The fourth-order valence-corrected chi connectivity index (χ4v) is 11.1. The van der Waals surface area contributed by atoms with Crippen molar-refractivity contribution in [2.75, 3.05) is 0 Å². The Bertz CT molecular complexity index is 3670. The van der Waals surface area contributed by atoms with Crippen LogP contribution in [0.4, 0.5) is 0 Å². The molecule has 0 bridgehead atoms. The molecule has 0 atom stereocenters. The number of rotatable bonds is 2. The lowest BCUT2D eigenvalue weighted by atomic mass is 9.70. The number of aromatic nitrogens is 8. The number of benzene rings is 6. The molecule has 284 valence electrons. The van der Waals surface area contributed by atoms with Gasteiger partial charge in [-0.3, -0.25) is 19.9 Å². The monoisotopic (exact) mass is 780 g/mol. The molecule has 2 aliphatic rings. The highest BCUT2D eigenvalue weighted by Gasteiger charge is 2.52. The summed E-state index contributed by atoms with van der Waals surface area (Å²) in [4.78, 5) is 30.1. The van der Waals surface area contributed by atoms with E-state index in [9.17, 15) is 0 Å². The molecule has 0 fully saturated rings. The summed E-state index contributed by atoms with van der Waals surface area (Å²) in [7, 11) is 4.25. The van der Waals surface area contributed by atoms with Gasteiger partial charge in [0.2, 0.25) is 0 Å². The lowest BCUT2D eigenvalue weighted by Gasteiger charge is -2.31. The summed E-state index contributed by atoms with van der Waals surface area (Å²) in [6, 6.07) is 48.3. The standard InChI is InChI=1S/C53H32N8/c1-60-49-37-15-9-25-56-45(37)43-35(13-7-23-54-43)47(49)58-51(60)29-19-21-33-34-22-20-30(52-59-48-36-14-8-24-55-44(36)46-38(16-10-26-57-46)50(48)61(52)2)28-42(34)53(41(33)27-29)39-17-5-3-11-31(39)32-12-4-6-18-40(32)53/h3-28H,1-2H3. The van der Waals surface area contributed by atoms with Gasteiger partial charge in [0.25, 0.3) is 0 Å². The van der Waals surface area contributed by atoms with Gasteiger partial charge < -0.3 is 9.13 Å². The third-order valence-electron chi connectivity index (χ3n) is 13.5. The highest BCUT2D eigenvalue weighted by atomic mass is 15.1. The zero-order chi connectivity index (χ0) is 40.1. The number of imidazole rings is 2. The van der Waals surface area contributed by atoms with Gasteiger partial charge in [-0.2, -0.15) is 0 Å². The van der Waals surface area contributed by atoms with E-state index in [1.165, 1.54) is 44.5 Å². The van der Waals surface area contributed by atoms with Gasteiger partial charge in [0.15, 0.2) is 0 Å². The average molecular weight is 781 g/mol. The first-order valence-electron chi connectivity index (χ1n) is 20.6. The maximum absolute atomic E-state index is 5.44. The number of pyridine rings is 4. The maximum Gasteiger partial charge on any atom is 0.140 e. The summed E-state index contributed by atoms with van der Waals surface area (Å²) in [6.07, 6.45) is 7.35. The second-order valence-corrected chi connectivity index (χ2v) is 16.3. The zero-order valence-electron chi connectivity index (χ0n) is 33.1. The van der Waals surface area contributed by atoms with Gasteiger partial charge in [0, 0.05) is 71.6 Å². The lowest BCUT2D eigenvalue weighted by molar-refractivity contribution is 0.793. The number of aryl methyl sites for hydroxylation is 2. The Balaban J connectivity index is 1.05. The molecule has 6 heterocycles. The minimum absolute atomic E-state index is 0.584. The van der Waals surface area contributed by atoms with Gasteiger partial charge in [0.05, 0.1) is 49.5 Å². The van der Waals surface area contributed by atoms with E-state index in [1.807, 2.05) is 49.1 Å². The van der Waals surface area contributed by atoms with Crippen molar-refractivity contribution >= 4 is 65.7 Å². The van der Waals surface area contributed by atoms with Gasteiger partial charge >= 0.3 is 0 Å². The normalized spacial score (nSPS) is 13.5. The van der Waals surface area contributed by atoms with E-state index in [1.54, 1.807) is 0 Å². The lowest BCUT2D eigenvalue weighted by Crippen LogP contribution is -2.26. The molecule has 8 nitrogen and oxygen atoms in total. The highest BCUT2D eigenvalue weighted by molar-refractivity contribution is 6.22. The van der Waals surface area contributed by atoms with Crippen LogP contribution >= 0.6 is 0 Å². The van der Waals surface area contributed by atoms with Crippen molar-refractivity contribution in [1.82, 2.24) is 39.0 Å². The van der Waals surface area contributed by atoms with Gasteiger partial charge in [-0.25, -0.2) is 9.97 Å². The second kappa shape index (κ2) is 11.5. The van der Waals surface area contributed by atoms with Gasteiger partial charge in [0.1, 0.15) is 11.6 Å². The summed E-state index contributed by atoms with van der Waals surface area (Å²) >= 11 is 0. The van der Waals surface area contributed by atoms with Crippen LogP contribution in [0.1, 0.15) is 22.3 Å². The highest BCUT2D eigenvalue weighted by Crippen LogP contribution is 2.63. The molecular formula is C53H32N8. The van der Waals surface area contributed by atoms with Crippen LogP contribution in [0.15, 0.2) is 158 Å². The van der Waals surface area contributed by atoms with E-state index in [0.29, 0.717) is 0 Å². The van der Waals surface area contributed by atoms with Crippen LogP contribution in [0.25, 0.3) is 111 Å². The van der Waals surface area contributed by atoms with Crippen LogP contribution in [-0.2, 0) is 19.5 Å². The molecule has 0 amide bonds. The molecule has 0 saturated carbocycles. The molecule has 61 heavy (non-hydrogen) atoms. The Kier molecular flexibility index (Phi) is 6.21. The minimum atomic E-state index is -0.584. The molecule has 0 radical (unpaired) electrons. The molecule has 8 heteroatoms. The Hall–Kier alpha value is -8.10. The summed E-state index contributed by atoms with van der Waals surface area (Å²) in [5.74, 6) is 1.79. The number of nitrogens with zero attached hydrogens (tertiary/aromatic N) is 8. The third-order valence-corrected chi connectivity index (χ3v) is 13.5. The smallest absolute Gasteiger partial charge is 0.140 e. The summed E-state index contributed by atoms with van der Waals surface area (Å²) < 4.78 is 4.47. The van der Waals surface area contributed by atoms with Crippen molar-refractivity contribution < 1.29 is 0 Å². The molecule has 0 unspecified atom stereocenters. The molecule has 6 aromatic carbocycles. The topological polar surface area (TPSA) is 87.2 Å². The van der Waals surface area contributed by atoms with Crippen LogP contribution in [-0.4, -0.2) is 39.0 Å². The van der Waals surface area contributed by atoms with Crippen molar-refractivity contribution in [1.29, 1.82) is 0 Å². The summed E-state index contributed by atoms with van der Waals surface area (Å²) in [5.41, 5.74) is 19.0. The average Bonchev–Trinajstić information content (AvgIpc) is 4.04. The van der Waals surface area contributed by atoms with E-state index in [-0.39, 0.29) is 0 Å². The number of fused-ring (bicyclic) bond motifs is 22. The third kappa shape index (κ3) is 3.99. The Morgan fingerprint density at radius 1 is 0.361 bits per heavy atom. The SMILES string of the molecule is Cn1c(-c2ccc3c(c2)C2(c4ccccc4-c4ccccc42)c2cc(-c4nc5c6cccnc6c6ncccc6c5n4C)ccc2-3)nc2c3cccnc3c3ncccc3c21. The van der Waals surface area contributed by atoms with E-state index >= 15 is 0 Å². The molecule has 2 aliphatic carbocycles. The minimum Gasteiger partial charge on any atom is -0.327 e. The largest absolute Gasteiger partial charge is 0.327 e. The Morgan fingerprint density at radius 3 is 1.18 bits per heavy atom. The van der Waals surface area contributed by atoms with Crippen molar-refractivity contribution in [2.45, 2.75) is 5.41 Å². The summed E-state index contributed by atoms with van der Waals surface area (Å²) in [6.45, 7) is 0. The molecule has 0 aliphatic heterocycles. The van der Waals surface area contributed by atoms with Crippen LogP contribution < -0.4 is 0 Å². The zero-order valence-corrected chi connectivity index (χ0v) is 33.1. The van der Waals surface area contributed by atoms with E-state index in [0.717, 1.165) is 88.5 Å². The first-order valence-corrected chi connectivity index (χ1v) is 20.6. The van der Waals surface area contributed by atoms with Crippen molar-refractivity contribution in [2.24, 2.45) is 14.1 Å². The van der Waals surface area contributed by atoms with Gasteiger partial charge in [-0.05, 0) is 105 Å². The molecule has 6 aromatic heterocycles. The number of hydrogen-bond donors (Lipinski definition) is 0. The fraction of sp³-hybridized carbons (Fsp3) is 0.0566. The molecule has 0 N–H and O–H groups in total. The van der Waals surface area contributed by atoms with Gasteiger partial charge in [-0.15, -0.1) is 0 Å². The van der Waals surface area contributed by atoms with Crippen LogP contribution in [0.5, 0.6) is 0 Å². The first kappa shape index (κ1) is 32.8. The van der Waals surface area contributed by atoms with Crippen molar-refractivity contribution in [3.05, 3.63) is 181 Å². The Labute approximate surface area is 348 Å². The summed E-state index contributed by atoms with van der Waals surface area (Å²) in [5, 5.41) is 4.07. The van der Waals surface area contributed by atoms with Crippen LogP contribution in [0.3, 0.4) is 0 Å². The molecule has 0 saturated heterocycles. The second-order valence-electron chi connectivity index (χ2n) is 16.3. The Morgan fingerprint density at radius 2 is 0.738 bits per heavy atom. The quantitative estimate of drug-likeness (QED) is 0.162. The maximum atomic E-state index is 5.44. The first-order chi connectivity index (χ1) is 30.1. The molecule has 1 spiro atoms. The predicted molar refractivity (Wildman–Crippen MR) is 243 cm³/mol.